The number of hydrogen-bond donors (Lipinski definition) is 1. The minimum absolute atomic E-state index is 0.449. The van der Waals surface area contributed by atoms with E-state index in [4.69, 9.17) is 11.6 Å². The van der Waals surface area contributed by atoms with Crippen molar-refractivity contribution >= 4 is 27.5 Å². The van der Waals surface area contributed by atoms with Gasteiger partial charge in [-0.05, 0) is 46.9 Å². The zero-order valence-corrected chi connectivity index (χ0v) is 9.53. The Kier molecular flexibility index (Phi) is 2.92. The summed E-state index contributed by atoms with van der Waals surface area (Å²) in [5.74, 6) is 0. The van der Waals surface area contributed by atoms with Gasteiger partial charge in [-0.15, -0.1) is 0 Å². The molecule has 0 radical (unpaired) electrons. The second-order valence-electron chi connectivity index (χ2n) is 3.29. The lowest BCUT2D eigenvalue weighted by Gasteiger charge is -2.12. The summed E-state index contributed by atoms with van der Waals surface area (Å²) in [5, 5.41) is 4.28. The lowest BCUT2D eigenvalue weighted by atomic mass is 10.1. The molecule has 0 spiro atoms. The van der Waals surface area contributed by atoms with Gasteiger partial charge in [-0.2, -0.15) is 0 Å². The molecule has 0 saturated carbocycles. The number of hydrogen-bond acceptors (Lipinski definition) is 1. The summed E-state index contributed by atoms with van der Waals surface area (Å²) in [7, 11) is 0. The number of halogens is 2. The topological polar surface area (TPSA) is 12.0 Å². The summed E-state index contributed by atoms with van der Waals surface area (Å²) in [6.45, 7) is 1.10. The van der Waals surface area contributed by atoms with Crippen LogP contribution in [0.2, 0.25) is 5.02 Å². The van der Waals surface area contributed by atoms with Crippen molar-refractivity contribution in [3.8, 4) is 0 Å². The largest absolute Gasteiger partial charge is 0.310 e. The van der Waals surface area contributed by atoms with Crippen molar-refractivity contribution in [1.82, 2.24) is 5.32 Å². The standard InChI is InChI=1S/C10H11BrClN/c11-8-4-1-3-7(10(8)12)9-5-2-6-13-9/h1,3-4,9,13H,2,5-6H2/t9-/m0/s1. The number of rotatable bonds is 1. The molecule has 0 unspecified atom stereocenters. The minimum Gasteiger partial charge on any atom is -0.310 e. The zero-order chi connectivity index (χ0) is 9.26. The van der Waals surface area contributed by atoms with Gasteiger partial charge >= 0.3 is 0 Å². The molecular weight excluding hydrogens is 249 g/mol. The molecule has 1 atom stereocenters. The third kappa shape index (κ3) is 1.90. The van der Waals surface area contributed by atoms with Crippen molar-refractivity contribution in [2.45, 2.75) is 18.9 Å². The predicted octanol–water partition coefficient (Wildman–Crippen LogP) is 3.53. The second-order valence-corrected chi connectivity index (χ2v) is 4.52. The SMILES string of the molecule is Clc1c(Br)cccc1[C@@H]1CCCN1. The van der Waals surface area contributed by atoms with Gasteiger partial charge in [0.2, 0.25) is 0 Å². The van der Waals surface area contributed by atoms with Crippen LogP contribution >= 0.6 is 27.5 Å². The zero-order valence-electron chi connectivity index (χ0n) is 7.19. The summed E-state index contributed by atoms with van der Waals surface area (Å²) < 4.78 is 0.986. The average molecular weight is 261 g/mol. The Balaban J connectivity index is 2.33. The Morgan fingerprint density at radius 1 is 1.46 bits per heavy atom. The molecule has 1 fully saturated rings. The van der Waals surface area contributed by atoms with Crippen LogP contribution in [0.1, 0.15) is 24.4 Å². The van der Waals surface area contributed by atoms with Gasteiger partial charge < -0.3 is 5.32 Å². The van der Waals surface area contributed by atoms with Gasteiger partial charge in [-0.25, -0.2) is 0 Å². The molecule has 1 heterocycles. The van der Waals surface area contributed by atoms with Gasteiger partial charge in [-0.3, -0.25) is 0 Å². The van der Waals surface area contributed by atoms with Crippen LogP contribution in [-0.4, -0.2) is 6.54 Å². The Labute approximate surface area is 91.6 Å². The first-order chi connectivity index (χ1) is 6.29. The fraction of sp³-hybridized carbons (Fsp3) is 0.400. The Hall–Kier alpha value is -0.0500. The van der Waals surface area contributed by atoms with Crippen molar-refractivity contribution < 1.29 is 0 Å². The highest BCUT2D eigenvalue weighted by Crippen LogP contribution is 2.33. The molecule has 1 aliphatic heterocycles. The van der Waals surface area contributed by atoms with Gasteiger partial charge in [0.25, 0.3) is 0 Å². The predicted molar refractivity (Wildman–Crippen MR) is 59.1 cm³/mol. The molecule has 70 valence electrons. The van der Waals surface area contributed by atoms with E-state index in [0.29, 0.717) is 6.04 Å². The van der Waals surface area contributed by atoms with E-state index in [0.717, 1.165) is 16.0 Å². The molecule has 0 aliphatic carbocycles. The van der Waals surface area contributed by atoms with Crippen LogP contribution in [0.3, 0.4) is 0 Å². The first-order valence-corrected chi connectivity index (χ1v) is 5.63. The molecule has 2 rings (SSSR count). The Bertz CT molecular complexity index is 308. The highest BCUT2D eigenvalue weighted by Gasteiger charge is 2.19. The molecule has 0 bridgehead atoms. The lowest BCUT2D eigenvalue weighted by Crippen LogP contribution is -2.13. The first-order valence-electron chi connectivity index (χ1n) is 4.46. The van der Waals surface area contributed by atoms with Crippen molar-refractivity contribution in [1.29, 1.82) is 0 Å². The van der Waals surface area contributed by atoms with Crippen LogP contribution in [0.15, 0.2) is 22.7 Å². The van der Waals surface area contributed by atoms with E-state index >= 15 is 0 Å². The van der Waals surface area contributed by atoms with Crippen LogP contribution in [0.4, 0.5) is 0 Å². The lowest BCUT2D eigenvalue weighted by molar-refractivity contribution is 0.647. The maximum Gasteiger partial charge on any atom is 0.0595 e. The van der Waals surface area contributed by atoms with E-state index in [-0.39, 0.29) is 0 Å². The molecule has 0 aromatic heterocycles. The smallest absolute Gasteiger partial charge is 0.0595 e. The minimum atomic E-state index is 0.449. The molecule has 1 aromatic carbocycles. The van der Waals surface area contributed by atoms with E-state index in [1.54, 1.807) is 0 Å². The maximum absolute atomic E-state index is 6.19. The molecule has 0 amide bonds. The highest BCUT2D eigenvalue weighted by molar-refractivity contribution is 9.10. The van der Waals surface area contributed by atoms with Crippen LogP contribution < -0.4 is 5.32 Å². The second kappa shape index (κ2) is 3.99. The summed E-state index contributed by atoms with van der Waals surface area (Å²) >= 11 is 9.62. The van der Waals surface area contributed by atoms with Crippen molar-refractivity contribution in [3.63, 3.8) is 0 Å². The van der Waals surface area contributed by atoms with E-state index in [2.05, 4.69) is 27.3 Å². The summed E-state index contributed by atoms with van der Waals surface area (Å²) in [6, 6.07) is 6.55. The average Bonchev–Trinajstić information content (AvgIpc) is 2.62. The molecule has 1 aromatic rings. The highest BCUT2D eigenvalue weighted by atomic mass is 79.9. The fourth-order valence-corrected chi connectivity index (χ4v) is 2.38. The number of nitrogens with one attached hydrogen (secondary N) is 1. The first kappa shape index (κ1) is 9.50. The Morgan fingerprint density at radius 3 is 3.00 bits per heavy atom. The van der Waals surface area contributed by atoms with Crippen molar-refractivity contribution in [3.05, 3.63) is 33.3 Å². The summed E-state index contributed by atoms with van der Waals surface area (Å²) in [5.41, 5.74) is 1.22. The van der Waals surface area contributed by atoms with Crippen molar-refractivity contribution in [2.75, 3.05) is 6.54 Å². The van der Waals surface area contributed by atoms with Crippen LogP contribution in [-0.2, 0) is 0 Å². The molecule has 1 saturated heterocycles. The third-order valence-corrected chi connectivity index (χ3v) is 3.73. The fourth-order valence-electron chi connectivity index (χ4n) is 1.74. The van der Waals surface area contributed by atoms with Gasteiger partial charge in [0, 0.05) is 10.5 Å². The van der Waals surface area contributed by atoms with E-state index in [1.807, 2.05) is 12.1 Å². The van der Waals surface area contributed by atoms with Crippen LogP contribution in [0.25, 0.3) is 0 Å². The quantitative estimate of drug-likeness (QED) is 0.814. The molecular formula is C10H11BrClN. The van der Waals surface area contributed by atoms with E-state index < -0.39 is 0 Å². The van der Waals surface area contributed by atoms with Gasteiger partial charge in [0.15, 0.2) is 0 Å². The van der Waals surface area contributed by atoms with E-state index in [1.165, 1.54) is 18.4 Å². The number of benzene rings is 1. The third-order valence-electron chi connectivity index (χ3n) is 2.42. The normalized spacial score (nSPS) is 22.2. The van der Waals surface area contributed by atoms with Crippen molar-refractivity contribution in [2.24, 2.45) is 0 Å². The molecule has 3 heteroatoms. The van der Waals surface area contributed by atoms with Gasteiger partial charge in [0.05, 0.1) is 5.02 Å². The maximum atomic E-state index is 6.19. The molecule has 13 heavy (non-hydrogen) atoms. The van der Waals surface area contributed by atoms with Crippen LogP contribution in [0.5, 0.6) is 0 Å². The summed E-state index contributed by atoms with van der Waals surface area (Å²) in [6.07, 6.45) is 2.43. The van der Waals surface area contributed by atoms with Crippen LogP contribution in [0, 0.1) is 0 Å². The van der Waals surface area contributed by atoms with Gasteiger partial charge in [0.1, 0.15) is 0 Å². The van der Waals surface area contributed by atoms with Gasteiger partial charge in [-0.1, -0.05) is 23.7 Å². The molecule has 1 aliphatic rings. The summed E-state index contributed by atoms with van der Waals surface area (Å²) in [4.78, 5) is 0. The Morgan fingerprint density at radius 2 is 2.31 bits per heavy atom. The van der Waals surface area contributed by atoms with E-state index in [9.17, 15) is 0 Å². The molecule has 1 N–H and O–H groups in total. The molecule has 1 nitrogen and oxygen atoms in total. The monoisotopic (exact) mass is 259 g/mol.